The lowest BCUT2D eigenvalue weighted by atomic mass is 9.88. The zero-order chi connectivity index (χ0) is 17.5. The highest BCUT2D eigenvalue weighted by Gasteiger charge is 2.21. The molecule has 7 nitrogen and oxygen atoms in total. The van der Waals surface area contributed by atoms with Gasteiger partial charge in [-0.15, -0.1) is 0 Å². The molecule has 3 rings (SSSR count). The van der Waals surface area contributed by atoms with Crippen LogP contribution < -0.4 is 16.0 Å². The maximum absolute atomic E-state index is 12.3. The van der Waals surface area contributed by atoms with E-state index in [1.54, 1.807) is 30.6 Å². The number of nitrogens with one attached hydrogen (secondary N) is 4. The van der Waals surface area contributed by atoms with Gasteiger partial charge in [0.2, 0.25) is 5.91 Å². The average molecular weight is 341 g/mol. The van der Waals surface area contributed by atoms with Gasteiger partial charge >= 0.3 is 6.03 Å². The third-order valence-electron chi connectivity index (χ3n) is 4.34. The Morgan fingerprint density at radius 1 is 1.12 bits per heavy atom. The fraction of sp³-hybridized carbons (Fsp3) is 0.389. The second kappa shape index (κ2) is 8.32. The van der Waals surface area contributed by atoms with Crippen molar-refractivity contribution in [1.82, 2.24) is 15.3 Å². The van der Waals surface area contributed by atoms with Crippen LogP contribution in [0, 0.1) is 5.92 Å². The van der Waals surface area contributed by atoms with E-state index in [9.17, 15) is 9.59 Å². The van der Waals surface area contributed by atoms with Crippen molar-refractivity contribution >= 4 is 23.3 Å². The molecule has 1 aromatic carbocycles. The summed E-state index contributed by atoms with van der Waals surface area (Å²) in [4.78, 5) is 31.2. The second-order valence-corrected chi connectivity index (χ2v) is 6.25. The Labute approximate surface area is 146 Å². The van der Waals surface area contributed by atoms with Crippen molar-refractivity contribution in [2.45, 2.75) is 38.6 Å². The Bertz CT molecular complexity index is 708. The van der Waals surface area contributed by atoms with Crippen LogP contribution in [0.1, 0.15) is 37.9 Å². The van der Waals surface area contributed by atoms with E-state index in [0.717, 1.165) is 25.7 Å². The van der Waals surface area contributed by atoms with Crippen LogP contribution in [0.2, 0.25) is 0 Å². The Hall–Kier alpha value is -2.83. The number of amides is 3. The molecule has 0 radical (unpaired) electrons. The van der Waals surface area contributed by atoms with E-state index in [-0.39, 0.29) is 17.9 Å². The van der Waals surface area contributed by atoms with Gasteiger partial charge in [-0.25, -0.2) is 9.78 Å². The van der Waals surface area contributed by atoms with E-state index in [2.05, 4.69) is 25.9 Å². The van der Waals surface area contributed by atoms with Crippen molar-refractivity contribution in [3.05, 3.63) is 42.5 Å². The third-order valence-corrected chi connectivity index (χ3v) is 4.34. The number of anilines is 2. The van der Waals surface area contributed by atoms with Crippen LogP contribution in [0.4, 0.5) is 16.2 Å². The van der Waals surface area contributed by atoms with E-state index in [4.69, 9.17) is 0 Å². The van der Waals surface area contributed by atoms with E-state index in [1.807, 2.05) is 6.07 Å². The number of urea groups is 1. The molecule has 1 aliphatic rings. The first kappa shape index (κ1) is 17.0. The summed E-state index contributed by atoms with van der Waals surface area (Å²) in [5.74, 6) is 0.852. The van der Waals surface area contributed by atoms with Crippen molar-refractivity contribution < 1.29 is 9.59 Å². The number of hydrogen-bond donors (Lipinski definition) is 4. The maximum atomic E-state index is 12.3. The SMILES string of the molecule is O=C(NCc1ncc[nH]1)Nc1cccc(NC(=O)C2CCCCC2)c1. The molecular weight excluding hydrogens is 318 g/mol. The number of rotatable bonds is 5. The first-order chi connectivity index (χ1) is 12.2. The van der Waals surface area contributed by atoms with E-state index in [0.29, 0.717) is 23.7 Å². The molecule has 0 aliphatic heterocycles. The number of nitrogens with zero attached hydrogens (tertiary/aromatic N) is 1. The summed E-state index contributed by atoms with van der Waals surface area (Å²) < 4.78 is 0. The number of H-pyrrole nitrogens is 1. The number of carbonyl (C=O) groups excluding carboxylic acids is 2. The Balaban J connectivity index is 1.51. The molecule has 132 valence electrons. The van der Waals surface area contributed by atoms with Crippen LogP contribution in [0.15, 0.2) is 36.7 Å². The molecule has 0 atom stereocenters. The smallest absolute Gasteiger partial charge is 0.319 e. The topological polar surface area (TPSA) is 98.9 Å². The van der Waals surface area contributed by atoms with Gasteiger partial charge in [-0.1, -0.05) is 25.3 Å². The third kappa shape index (κ3) is 5.07. The van der Waals surface area contributed by atoms with Gasteiger partial charge < -0.3 is 20.9 Å². The molecule has 1 aliphatic carbocycles. The molecule has 7 heteroatoms. The molecule has 0 unspecified atom stereocenters. The highest BCUT2D eigenvalue weighted by atomic mass is 16.2. The summed E-state index contributed by atoms with van der Waals surface area (Å²) in [6, 6.07) is 6.84. The zero-order valence-corrected chi connectivity index (χ0v) is 14.0. The summed E-state index contributed by atoms with van der Waals surface area (Å²) >= 11 is 0. The number of imidazole rings is 1. The van der Waals surface area contributed by atoms with Gasteiger partial charge in [-0.3, -0.25) is 4.79 Å². The minimum atomic E-state index is -0.327. The fourth-order valence-electron chi connectivity index (χ4n) is 3.02. The van der Waals surface area contributed by atoms with Crippen molar-refractivity contribution in [2.75, 3.05) is 10.6 Å². The molecular formula is C18H23N5O2. The standard InChI is InChI=1S/C18H23N5O2/c24-17(13-5-2-1-3-6-13)22-14-7-4-8-15(11-14)23-18(25)21-12-16-19-9-10-20-16/h4,7-11,13H,1-3,5-6,12H2,(H,19,20)(H,22,24)(H2,21,23,25). The minimum Gasteiger partial charge on any atom is -0.347 e. The second-order valence-electron chi connectivity index (χ2n) is 6.25. The van der Waals surface area contributed by atoms with Gasteiger partial charge in [-0.2, -0.15) is 0 Å². The lowest BCUT2D eigenvalue weighted by molar-refractivity contribution is -0.120. The summed E-state index contributed by atoms with van der Waals surface area (Å²) in [5.41, 5.74) is 1.32. The summed E-state index contributed by atoms with van der Waals surface area (Å²) in [5, 5.41) is 8.42. The molecule has 0 saturated heterocycles. The summed E-state index contributed by atoms with van der Waals surface area (Å²) in [7, 11) is 0. The lowest BCUT2D eigenvalue weighted by Crippen LogP contribution is -2.28. The van der Waals surface area contributed by atoms with Gasteiger partial charge in [0.05, 0.1) is 6.54 Å². The predicted molar refractivity (Wildman–Crippen MR) is 96.1 cm³/mol. The van der Waals surface area contributed by atoms with Crippen LogP contribution in [0.25, 0.3) is 0 Å². The number of aromatic amines is 1. The number of carbonyl (C=O) groups is 2. The van der Waals surface area contributed by atoms with Crippen LogP contribution >= 0.6 is 0 Å². The van der Waals surface area contributed by atoms with Gasteiger partial charge in [0.25, 0.3) is 0 Å². The van der Waals surface area contributed by atoms with Gasteiger partial charge in [0.1, 0.15) is 5.82 Å². The van der Waals surface area contributed by atoms with E-state index < -0.39 is 0 Å². The van der Waals surface area contributed by atoms with Crippen molar-refractivity contribution in [1.29, 1.82) is 0 Å². The molecule has 0 spiro atoms. The van der Waals surface area contributed by atoms with Crippen LogP contribution in [0.3, 0.4) is 0 Å². The molecule has 1 aromatic heterocycles. The molecule has 3 amide bonds. The van der Waals surface area contributed by atoms with Gasteiger partial charge in [0, 0.05) is 29.7 Å². The largest absolute Gasteiger partial charge is 0.347 e. The maximum Gasteiger partial charge on any atom is 0.319 e. The highest BCUT2D eigenvalue weighted by molar-refractivity contribution is 5.94. The van der Waals surface area contributed by atoms with Crippen molar-refractivity contribution in [3.63, 3.8) is 0 Å². The quantitative estimate of drug-likeness (QED) is 0.672. The van der Waals surface area contributed by atoms with E-state index >= 15 is 0 Å². The molecule has 1 saturated carbocycles. The Morgan fingerprint density at radius 3 is 2.60 bits per heavy atom. The molecule has 0 bridgehead atoms. The summed E-state index contributed by atoms with van der Waals surface area (Å²) in [6.45, 7) is 0.316. The fourth-order valence-corrected chi connectivity index (χ4v) is 3.02. The molecule has 2 aromatic rings. The first-order valence-electron chi connectivity index (χ1n) is 8.65. The molecule has 1 heterocycles. The monoisotopic (exact) mass is 341 g/mol. The van der Waals surface area contributed by atoms with Gasteiger partial charge in [-0.05, 0) is 31.0 Å². The van der Waals surface area contributed by atoms with E-state index in [1.165, 1.54) is 6.42 Å². The Morgan fingerprint density at radius 2 is 1.88 bits per heavy atom. The molecule has 25 heavy (non-hydrogen) atoms. The van der Waals surface area contributed by atoms with Crippen molar-refractivity contribution in [3.8, 4) is 0 Å². The van der Waals surface area contributed by atoms with Crippen LogP contribution in [-0.4, -0.2) is 21.9 Å². The highest BCUT2D eigenvalue weighted by Crippen LogP contribution is 2.25. The molecule has 1 fully saturated rings. The number of aromatic nitrogens is 2. The normalized spacial score (nSPS) is 14.7. The lowest BCUT2D eigenvalue weighted by Gasteiger charge is -2.20. The number of benzene rings is 1. The number of hydrogen-bond acceptors (Lipinski definition) is 3. The predicted octanol–water partition coefficient (Wildman–Crippen LogP) is 3.25. The van der Waals surface area contributed by atoms with Gasteiger partial charge in [0.15, 0.2) is 0 Å². The summed E-state index contributed by atoms with van der Waals surface area (Å²) in [6.07, 6.45) is 8.71. The Kier molecular flexibility index (Phi) is 5.66. The average Bonchev–Trinajstić information content (AvgIpc) is 3.15. The zero-order valence-electron chi connectivity index (χ0n) is 14.0. The van der Waals surface area contributed by atoms with Crippen LogP contribution in [-0.2, 0) is 11.3 Å². The molecule has 4 N–H and O–H groups in total. The minimum absolute atomic E-state index is 0.0686. The first-order valence-corrected chi connectivity index (χ1v) is 8.65. The van der Waals surface area contributed by atoms with Crippen LogP contribution in [0.5, 0.6) is 0 Å². The van der Waals surface area contributed by atoms with Crippen molar-refractivity contribution in [2.24, 2.45) is 5.92 Å².